The first-order valence-electron chi connectivity index (χ1n) is 9.70. The number of halogens is 2. The van der Waals surface area contributed by atoms with Crippen molar-refractivity contribution < 1.29 is 13.6 Å². The van der Waals surface area contributed by atoms with Crippen LogP contribution in [-0.2, 0) is 6.42 Å². The standard InChI is InChI=1S/C22H23F2N3O/c1-14-25-20-6-2-5-17(21(20)26-14)22(28)27-11-3-4-16(13-27)8-7-15-9-10-18(23)19(24)12-15/h2,5-6,9-10,12,16H,3-4,7-8,11,13H2,1H3,(H,25,26)/t16-/m1/s1. The minimum absolute atomic E-state index is 0.00891. The van der Waals surface area contributed by atoms with Gasteiger partial charge in [0.15, 0.2) is 11.6 Å². The topological polar surface area (TPSA) is 49.0 Å². The molecule has 4 rings (SSSR count). The van der Waals surface area contributed by atoms with Gasteiger partial charge >= 0.3 is 0 Å². The summed E-state index contributed by atoms with van der Waals surface area (Å²) in [6.07, 6.45) is 3.52. The van der Waals surface area contributed by atoms with Crippen LogP contribution in [-0.4, -0.2) is 33.9 Å². The van der Waals surface area contributed by atoms with Crippen LogP contribution in [0.1, 0.15) is 41.0 Å². The van der Waals surface area contributed by atoms with Crippen molar-refractivity contribution in [2.75, 3.05) is 13.1 Å². The molecule has 0 saturated carbocycles. The molecule has 146 valence electrons. The predicted octanol–water partition coefficient (Wildman–Crippen LogP) is 4.63. The van der Waals surface area contributed by atoms with Gasteiger partial charge in [0.05, 0.1) is 11.1 Å². The minimum atomic E-state index is -0.819. The van der Waals surface area contributed by atoms with Gasteiger partial charge in [-0.1, -0.05) is 12.1 Å². The first-order chi connectivity index (χ1) is 13.5. The number of piperidine rings is 1. The number of carbonyl (C=O) groups excluding carboxylic acids is 1. The third kappa shape index (κ3) is 3.77. The molecule has 0 spiro atoms. The molecule has 6 heteroatoms. The molecule has 0 unspecified atom stereocenters. The maximum Gasteiger partial charge on any atom is 0.256 e. The molecule has 1 amide bonds. The highest BCUT2D eigenvalue weighted by Gasteiger charge is 2.26. The lowest BCUT2D eigenvalue weighted by molar-refractivity contribution is 0.0670. The zero-order valence-electron chi connectivity index (χ0n) is 15.8. The molecule has 1 aliphatic rings. The molecule has 1 aromatic heterocycles. The van der Waals surface area contributed by atoms with Crippen LogP contribution in [0, 0.1) is 24.5 Å². The molecule has 1 N–H and O–H groups in total. The van der Waals surface area contributed by atoms with Crippen molar-refractivity contribution in [2.24, 2.45) is 5.92 Å². The van der Waals surface area contributed by atoms with E-state index in [0.29, 0.717) is 30.0 Å². The number of aryl methyl sites for hydroxylation is 2. The smallest absolute Gasteiger partial charge is 0.256 e. The van der Waals surface area contributed by atoms with Crippen LogP contribution in [0.3, 0.4) is 0 Å². The zero-order valence-corrected chi connectivity index (χ0v) is 15.8. The fourth-order valence-electron chi connectivity index (χ4n) is 4.05. The van der Waals surface area contributed by atoms with Gasteiger partial charge in [0.25, 0.3) is 5.91 Å². The number of aromatic amines is 1. The number of para-hydroxylation sites is 1. The molecule has 0 aliphatic carbocycles. The Morgan fingerprint density at radius 1 is 1.25 bits per heavy atom. The van der Waals surface area contributed by atoms with Crippen molar-refractivity contribution in [1.29, 1.82) is 0 Å². The molecule has 28 heavy (non-hydrogen) atoms. The Labute approximate surface area is 162 Å². The van der Waals surface area contributed by atoms with Crippen LogP contribution < -0.4 is 0 Å². The number of rotatable bonds is 4. The second-order valence-electron chi connectivity index (χ2n) is 7.57. The van der Waals surface area contributed by atoms with Crippen molar-refractivity contribution in [3.8, 4) is 0 Å². The number of H-pyrrole nitrogens is 1. The number of hydrogen-bond donors (Lipinski definition) is 1. The van der Waals surface area contributed by atoms with Crippen LogP contribution in [0.2, 0.25) is 0 Å². The number of hydrogen-bond acceptors (Lipinski definition) is 2. The van der Waals surface area contributed by atoms with E-state index in [0.717, 1.165) is 42.7 Å². The molecule has 4 nitrogen and oxygen atoms in total. The summed E-state index contributed by atoms with van der Waals surface area (Å²) in [5.41, 5.74) is 3.01. The maximum absolute atomic E-state index is 13.4. The Morgan fingerprint density at radius 2 is 2.11 bits per heavy atom. The van der Waals surface area contributed by atoms with Gasteiger partial charge in [-0.15, -0.1) is 0 Å². The number of aromatic nitrogens is 2. The van der Waals surface area contributed by atoms with Crippen LogP contribution in [0.4, 0.5) is 8.78 Å². The van der Waals surface area contributed by atoms with E-state index in [2.05, 4.69) is 9.97 Å². The quantitative estimate of drug-likeness (QED) is 0.714. The molecule has 0 radical (unpaired) electrons. The first kappa shape index (κ1) is 18.6. The Balaban J connectivity index is 1.44. The lowest BCUT2D eigenvalue weighted by Crippen LogP contribution is -2.40. The Kier molecular flexibility index (Phi) is 5.11. The molecule has 2 heterocycles. The van der Waals surface area contributed by atoms with Crippen LogP contribution in [0.15, 0.2) is 36.4 Å². The summed E-state index contributed by atoms with van der Waals surface area (Å²) in [6.45, 7) is 3.30. The highest BCUT2D eigenvalue weighted by molar-refractivity contribution is 6.04. The maximum atomic E-state index is 13.4. The van der Waals surface area contributed by atoms with E-state index in [-0.39, 0.29) is 5.91 Å². The predicted molar refractivity (Wildman–Crippen MR) is 104 cm³/mol. The summed E-state index contributed by atoms with van der Waals surface area (Å²) in [5.74, 6) is -0.472. The van der Waals surface area contributed by atoms with Gasteiger partial charge < -0.3 is 9.88 Å². The van der Waals surface area contributed by atoms with Crippen LogP contribution >= 0.6 is 0 Å². The summed E-state index contributed by atoms with van der Waals surface area (Å²) in [4.78, 5) is 22.7. The second-order valence-corrected chi connectivity index (χ2v) is 7.57. The minimum Gasteiger partial charge on any atom is -0.342 e. The number of nitrogens with zero attached hydrogens (tertiary/aromatic N) is 2. The van der Waals surface area contributed by atoms with Gasteiger partial charge in [-0.25, -0.2) is 13.8 Å². The van der Waals surface area contributed by atoms with E-state index in [1.807, 2.05) is 30.0 Å². The normalized spacial score (nSPS) is 17.2. The summed E-state index contributed by atoms with van der Waals surface area (Å²) in [7, 11) is 0. The SMILES string of the molecule is Cc1nc2c(C(=O)N3CCC[C@H](CCc4ccc(F)c(F)c4)C3)cccc2[nH]1. The number of likely N-dealkylation sites (tertiary alicyclic amines) is 1. The number of fused-ring (bicyclic) bond motifs is 1. The Hall–Kier alpha value is -2.76. The average molecular weight is 383 g/mol. The fourth-order valence-corrected chi connectivity index (χ4v) is 4.05. The number of amides is 1. The van der Waals surface area contributed by atoms with Gasteiger partial charge in [0, 0.05) is 13.1 Å². The number of carbonyl (C=O) groups is 1. The van der Waals surface area contributed by atoms with E-state index < -0.39 is 11.6 Å². The number of benzene rings is 2. The molecule has 1 fully saturated rings. The van der Waals surface area contributed by atoms with Crippen molar-refractivity contribution in [3.05, 3.63) is 65.0 Å². The van der Waals surface area contributed by atoms with E-state index in [9.17, 15) is 13.6 Å². The Bertz CT molecular complexity index is 1010. The lowest BCUT2D eigenvalue weighted by atomic mass is 9.91. The lowest BCUT2D eigenvalue weighted by Gasteiger charge is -2.33. The van der Waals surface area contributed by atoms with Crippen LogP contribution in [0.25, 0.3) is 11.0 Å². The molecule has 1 saturated heterocycles. The summed E-state index contributed by atoms with van der Waals surface area (Å²) in [6, 6.07) is 9.70. The van der Waals surface area contributed by atoms with E-state index in [1.54, 1.807) is 6.07 Å². The van der Waals surface area contributed by atoms with E-state index in [1.165, 1.54) is 12.1 Å². The van der Waals surface area contributed by atoms with Gasteiger partial charge in [-0.05, 0) is 68.4 Å². The van der Waals surface area contributed by atoms with E-state index >= 15 is 0 Å². The third-order valence-electron chi connectivity index (χ3n) is 5.49. The number of imidazole rings is 1. The summed E-state index contributed by atoms with van der Waals surface area (Å²) < 4.78 is 26.5. The molecule has 1 aliphatic heterocycles. The van der Waals surface area contributed by atoms with Crippen molar-refractivity contribution in [1.82, 2.24) is 14.9 Å². The van der Waals surface area contributed by atoms with Gasteiger partial charge in [-0.2, -0.15) is 0 Å². The first-order valence-corrected chi connectivity index (χ1v) is 9.70. The second kappa shape index (κ2) is 7.70. The average Bonchev–Trinajstić information content (AvgIpc) is 3.08. The molecule has 0 bridgehead atoms. The molecular weight excluding hydrogens is 360 g/mol. The van der Waals surface area contributed by atoms with Crippen molar-refractivity contribution in [2.45, 2.75) is 32.6 Å². The zero-order chi connectivity index (χ0) is 19.7. The highest BCUT2D eigenvalue weighted by Crippen LogP contribution is 2.25. The summed E-state index contributed by atoms with van der Waals surface area (Å²) >= 11 is 0. The van der Waals surface area contributed by atoms with Crippen molar-refractivity contribution in [3.63, 3.8) is 0 Å². The number of nitrogens with one attached hydrogen (secondary N) is 1. The van der Waals surface area contributed by atoms with Crippen molar-refractivity contribution >= 4 is 16.9 Å². The molecule has 2 aromatic carbocycles. The molecular formula is C22H23F2N3O. The van der Waals surface area contributed by atoms with Gasteiger partial charge in [0.2, 0.25) is 0 Å². The molecule has 3 aromatic rings. The summed E-state index contributed by atoms with van der Waals surface area (Å²) in [5, 5.41) is 0. The fraction of sp³-hybridized carbons (Fsp3) is 0.364. The largest absolute Gasteiger partial charge is 0.342 e. The Morgan fingerprint density at radius 3 is 2.93 bits per heavy atom. The molecule has 1 atom stereocenters. The van der Waals surface area contributed by atoms with Gasteiger partial charge in [0.1, 0.15) is 11.3 Å². The third-order valence-corrected chi connectivity index (χ3v) is 5.49. The van der Waals surface area contributed by atoms with E-state index in [4.69, 9.17) is 0 Å². The van der Waals surface area contributed by atoms with Gasteiger partial charge in [-0.3, -0.25) is 4.79 Å². The highest BCUT2D eigenvalue weighted by atomic mass is 19.2. The van der Waals surface area contributed by atoms with Crippen LogP contribution in [0.5, 0.6) is 0 Å². The monoisotopic (exact) mass is 383 g/mol.